The summed E-state index contributed by atoms with van der Waals surface area (Å²) < 4.78 is 24.7. The minimum atomic E-state index is -2.50. The van der Waals surface area contributed by atoms with Crippen molar-refractivity contribution in [2.75, 3.05) is 24.6 Å². The van der Waals surface area contributed by atoms with Crippen LogP contribution in [0.1, 0.15) is 18.6 Å². The third kappa shape index (κ3) is 4.24. The van der Waals surface area contributed by atoms with Gasteiger partial charge in [-0.2, -0.15) is 0 Å². The van der Waals surface area contributed by atoms with Gasteiger partial charge in [-0.1, -0.05) is 0 Å². The van der Waals surface area contributed by atoms with Crippen LogP contribution in [0.5, 0.6) is 0 Å². The highest BCUT2D eigenvalue weighted by Gasteiger charge is 2.14. The average Bonchev–Trinajstić information content (AvgIpc) is 2.28. The van der Waals surface area contributed by atoms with Crippen LogP contribution < -0.4 is 4.90 Å². The number of pyridine rings is 1. The summed E-state index contributed by atoms with van der Waals surface area (Å²) in [5.41, 5.74) is 0.604. The van der Waals surface area contributed by atoms with E-state index in [1.165, 1.54) is 11.1 Å². The molecule has 17 heavy (non-hydrogen) atoms. The molecule has 0 bridgehead atoms. The second kappa shape index (κ2) is 6.46. The highest BCUT2D eigenvalue weighted by molar-refractivity contribution is 5.41. The highest BCUT2D eigenvalue weighted by atomic mass is 19.3. The van der Waals surface area contributed by atoms with E-state index in [0.29, 0.717) is 11.4 Å². The van der Waals surface area contributed by atoms with Gasteiger partial charge in [0.05, 0.1) is 19.3 Å². The molecule has 1 atom stereocenters. The van der Waals surface area contributed by atoms with Crippen molar-refractivity contribution in [3.05, 3.63) is 23.9 Å². The smallest absolute Gasteiger partial charge is 0.255 e. The first-order valence-corrected chi connectivity index (χ1v) is 5.32. The highest BCUT2D eigenvalue weighted by Crippen LogP contribution is 2.18. The zero-order chi connectivity index (χ0) is 12.8. The van der Waals surface area contributed by atoms with Gasteiger partial charge in [0, 0.05) is 12.7 Å². The first-order chi connectivity index (χ1) is 8.04. The molecule has 0 saturated heterocycles. The number of hydrogen-bond donors (Lipinski definition) is 2. The lowest BCUT2D eigenvalue weighted by atomic mass is 10.1. The van der Waals surface area contributed by atoms with Crippen LogP contribution in [0, 0.1) is 0 Å². The second-order valence-corrected chi connectivity index (χ2v) is 3.68. The van der Waals surface area contributed by atoms with Crippen molar-refractivity contribution < 1.29 is 19.0 Å². The molecule has 0 unspecified atom stereocenters. The van der Waals surface area contributed by atoms with E-state index in [1.54, 1.807) is 19.1 Å². The zero-order valence-corrected chi connectivity index (χ0v) is 9.55. The fraction of sp³-hybridized carbons (Fsp3) is 0.545. The Kier molecular flexibility index (Phi) is 5.24. The Hall–Kier alpha value is -1.27. The molecule has 2 N–H and O–H groups in total. The molecule has 0 amide bonds. The summed E-state index contributed by atoms with van der Waals surface area (Å²) in [5.74, 6) is 0.331. The third-order valence-electron chi connectivity index (χ3n) is 2.30. The largest absolute Gasteiger partial charge is 0.395 e. The standard InChI is InChI=1S/C11H16F2N2O2/c1-8(17)9-2-3-14-11(6-9)15(4-5-16)7-10(12)13/h2-3,6,8,10,16-17H,4-5,7H2,1H3/t8-/m0/s1. The molecule has 6 heteroatoms. The maximum absolute atomic E-state index is 12.4. The number of aliphatic hydroxyl groups excluding tert-OH is 2. The monoisotopic (exact) mass is 246 g/mol. The second-order valence-electron chi connectivity index (χ2n) is 3.68. The molecule has 1 rings (SSSR count). The number of aliphatic hydroxyl groups is 2. The molecular formula is C11H16F2N2O2. The summed E-state index contributed by atoms with van der Waals surface area (Å²) in [7, 11) is 0. The molecule has 4 nitrogen and oxygen atoms in total. The van der Waals surface area contributed by atoms with Gasteiger partial charge in [-0.3, -0.25) is 0 Å². The molecule has 96 valence electrons. The summed E-state index contributed by atoms with van der Waals surface area (Å²) >= 11 is 0. The topological polar surface area (TPSA) is 56.6 Å². The molecule has 1 aromatic rings. The van der Waals surface area contributed by atoms with Gasteiger partial charge in [-0.15, -0.1) is 0 Å². The van der Waals surface area contributed by atoms with Crippen LogP contribution in [0.2, 0.25) is 0 Å². The molecule has 1 heterocycles. The van der Waals surface area contributed by atoms with E-state index in [2.05, 4.69) is 4.98 Å². The van der Waals surface area contributed by atoms with Crippen molar-refractivity contribution in [2.45, 2.75) is 19.5 Å². The van der Waals surface area contributed by atoms with E-state index in [-0.39, 0.29) is 13.2 Å². The van der Waals surface area contributed by atoms with Crippen LogP contribution in [-0.2, 0) is 0 Å². The van der Waals surface area contributed by atoms with E-state index in [9.17, 15) is 13.9 Å². The van der Waals surface area contributed by atoms with E-state index in [4.69, 9.17) is 5.11 Å². The number of alkyl halides is 2. The first kappa shape index (κ1) is 13.8. The van der Waals surface area contributed by atoms with Crippen LogP contribution >= 0.6 is 0 Å². The quantitative estimate of drug-likeness (QED) is 0.792. The van der Waals surface area contributed by atoms with Gasteiger partial charge >= 0.3 is 0 Å². The first-order valence-electron chi connectivity index (χ1n) is 5.32. The lowest BCUT2D eigenvalue weighted by molar-refractivity contribution is 0.152. The Labute approximate surface area is 98.5 Å². The molecule has 0 spiro atoms. The van der Waals surface area contributed by atoms with E-state index in [1.807, 2.05) is 0 Å². The van der Waals surface area contributed by atoms with Crippen molar-refractivity contribution in [3.8, 4) is 0 Å². The van der Waals surface area contributed by atoms with Crippen molar-refractivity contribution in [3.63, 3.8) is 0 Å². The van der Waals surface area contributed by atoms with Crippen LogP contribution in [0.25, 0.3) is 0 Å². The number of aromatic nitrogens is 1. The molecule has 0 aliphatic carbocycles. The van der Waals surface area contributed by atoms with Gasteiger partial charge in [-0.05, 0) is 24.6 Å². The van der Waals surface area contributed by atoms with E-state index < -0.39 is 19.1 Å². The molecule has 0 aliphatic rings. The number of anilines is 1. The summed E-state index contributed by atoms with van der Waals surface area (Å²) in [4.78, 5) is 5.25. The minimum Gasteiger partial charge on any atom is -0.395 e. The van der Waals surface area contributed by atoms with Crippen molar-refractivity contribution in [1.82, 2.24) is 4.98 Å². The SMILES string of the molecule is C[C@H](O)c1ccnc(N(CCO)CC(F)F)c1. The average molecular weight is 246 g/mol. The molecule has 0 aromatic carbocycles. The molecule has 0 saturated carbocycles. The maximum Gasteiger partial charge on any atom is 0.255 e. The van der Waals surface area contributed by atoms with Crippen LogP contribution in [0.15, 0.2) is 18.3 Å². The van der Waals surface area contributed by atoms with Gasteiger partial charge in [0.25, 0.3) is 6.43 Å². The number of rotatable bonds is 6. The number of nitrogens with zero attached hydrogens (tertiary/aromatic N) is 2. The lowest BCUT2D eigenvalue weighted by Crippen LogP contribution is -2.32. The minimum absolute atomic E-state index is 0.0839. The maximum atomic E-state index is 12.4. The Balaban J connectivity index is 2.88. The molecule has 0 aliphatic heterocycles. The fourth-order valence-electron chi connectivity index (χ4n) is 1.45. The summed E-state index contributed by atoms with van der Waals surface area (Å²) in [6.07, 6.45) is -1.73. The van der Waals surface area contributed by atoms with Gasteiger partial charge in [0.1, 0.15) is 5.82 Å². The van der Waals surface area contributed by atoms with E-state index >= 15 is 0 Å². The predicted molar refractivity (Wildman–Crippen MR) is 60.2 cm³/mol. The van der Waals surface area contributed by atoms with Gasteiger partial charge in [0.15, 0.2) is 0 Å². The Bertz CT molecular complexity index is 348. The Morgan fingerprint density at radius 1 is 1.47 bits per heavy atom. The van der Waals surface area contributed by atoms with Gasteiger partial charge in [-0.25, -0.2) is 13.8 Å². The Morgan fingerprint density at radius 2 is 2.18 bits per heavy atom. The molecular weight excluding hydrogens is 230 g/mol. The Morgan fingerprint density at radius 3 is 2.71 bits per heavy atom. The van der Waals surface area contributed by atoms with Gasteiger partial charge in [0.2, 0.25) is 0 Å². The molecule has 0 fully saturated rings. The summed E-state index contributed by atoms with van der Waals surface area (Å²) in [6.45, 7) is 0.952. The van der Waals surface area contributed by atoms with Crippen LogP contribution in [-0.4, -0.2) is 41.3 Å². The third-order valence-corrected chi connectivity index (χ3v) is 2.30. The van der Waals surface area contributed by atoms with Crippen molar-refractivity contribution >= 4 is 5.82 Å². The number of hydrogen-bond acceptors (Lipinski definition) is 4. The van der Waals surface area contributed by atoms with Crippen LogP contribution in [0.3, 0.4) is 0 Å². The van der Waals surface area contributed by atoms with Crippen molar-refractivity contribution in [2.24, 2.45) is 0 Å². The summed E-state index contributed by atoms with van der Waals surface area (Å²) in [6, 6.07) is 3.16. The lowest BCUT2D eigenvalue weighted by Gasteiger charge is -2.23. The summed E-state index contributed by atoms with van der Waals surface area (Å²) in [5, 5.41) is 18.2. The fourth-order valence-corrected chi connectivity index (χ4v) is 1.45. The number of halogens is 2. The van der Waals surface area contributed by atoms with Gasteiger partial charge < -0.3 is 15.1 Å². The molecule has 0 radical (unpaired) electrons. The van der Waals surface area contributed by atoms with E-state index in [0.717, 1.165) is 0 Å². The normalized spacial score (nSPS) is 12.8. The predicted octanol–water partition coefficient (Wildman–Crippen LogP) is 1.20. The molecule has 1 aromatic heterocycles. The van der Waals surface area contributed by atoms with Crippen LogP contribution in [0.4, 0.5) is 14.6 Å². The van der Waals surface area contributed by atoms with Crippen molar-refractivity contribution in [1.29, 1.82) is 0 Å². The zero-order valence-electron chi connectivity index (χ0n) is 9.55.